The lowest BCUT2D eigenvalue weighted by atomic mass is 10.4. The van der Waals surface area contributed by atoms with Gasteiger partial charge in [-0.15, -0.1) is 0 Å². The average Bonchev–Trinajstić information content (AvgIpc) is 2.37. The number of hydrogen-bond donors (Lipinski definition) is 1. The minimum atomic E-state index is 0.276. The summed E-state index contributed by atoms with van der Waals surface area (Å²) in [7, 11) is 0. The van der Waals surface area contributed by atoms with Crippen LogP contribution in [0, 0.1) is 0 Å². The molecule has 0 unspecified atom stereocenters. The van der Waals surface area contributed by atoms with Crippen LogP contribution < -0.4 is 5.32 Å². The van der Waals surface area contributed by atoms with Crippen LogP contribution in [0.3, 0.4) is 0 Å². The van der Waals surface area contributed by atoms with Crippen molar-refractivity contribution in [1.29, 1.82) is 0 Å². The topological polar surface area (TPSA) is 28.2 Å². The maximum Gasteiger partial charge on any atom is 0.150 e. The monoisotopic (exact) mass is 325 g/mol. The van der Waals surface area contributed by atoms with Gasteiger partial charge in [0.1, 0.15) is 11.0 Å². The molecule has 3 nitrogen and oxygen atoms in total. The molecule has 0 bridgehead atoms. The zero-order valence-electron chi connectivity index (χ0n) is 9.76. The van der Waals surface area contributed by atoms with E-state index >= 15 is 0 Å². The predicted molar refractivity (Wildman–Crippen MR) is 81.5 cm³/mol. The van der Waals surface area contributed by atoms with Crippen molar-refractivity contribution in [3.05, 3.63) is 21.3 Å². The highest BCUT2D eigenvalue weighted by Crippen LogP contribution is 2.28. The predicted octanol–water partition coefficient (Wildman–Crippen LogP) is 3.50. The quantitative estimate of drug-likeness (QED) is 0.857. The Morgan fingerprint density at radius 2 is 1.94 bits per heavy atom. The Morgan fingerprint density at radius 3 is 2.67 bits per heavy atom. The highest BCUT2D eigenvalue weighted by Gasteiger charge is 2.11. The number of nitrogens with one attached hydrogen (secondary N) is 1. The number of hydrogen-bond acceptors (Lipinski definition) is 4. The third-order valence-electron chi connectivity index (χ3n) is 2.71. The van der Waals surface area contributed by atoms with E-state index in [-0.39, 0.29) is 5.15 Å². The Labute approximate surface area is 126 Å². The zero-order valence-corrected chi connectivity index (χ0v) is 12.8. The first kappa shape index (κ1) is 14.5. The van der Waals surface area contributed by atoms with Gasteiger partial charge in [0.05, 0.1) is 10.0 Å². The largest absolute Gasteiger partial charge is 0.367 e. The number of halogens is 3. The van der Waals surface area contributed by atoms with Crippen LogP contribution in [-0.2, 0) is 0 Å². The first-order valence-corrected chi connectivity index (χ1v) is 8.01. The van der Waals surface area contributed by atoms with Gasteiger partial charge < -0.3 is 5.32 Å². The number of aromatic nitrogens is 1. The van der Waals surface area contributed by atoms with Crippen molar-refractivity contribution in [2.75, 3.05) is 43.0 Å². The van der Waals surface area contributed by atoms with Gasteiger partial charge in [-0.05, 0) is 6.07 Å². The Balaban J connectivity index is 1.84. The van der Waals surface area contributed by atoms with Gasteiger partial charge in [-0.25, -0.2) is 4.98 Å². The molecule has 1 saturated heterocycles. The maximum atomic E-state index is 6.04. The van der Waals surface area contributed by atoms with Gasteiger partial charge in [-0.3, -0.25) is 4.90 Å². The average molecular weight is 327 g/mol. The van der Waals surface area contributed by atoms with Gasteiger partial charge >= 0.3 is 0 Å². The van der Waals surface area contributed by atoms with Crippen molar-refractivity contribution < 1.29 is 0 Å². The second-order valence-corrected chi connectivity index (χ2v) is 6.37. The Kier molecular flexibility index (Phi) is 5.70. The van der Waals surface area contributed by atoms with Crippen LogP contribution >= 0.6 is 46.6 Å². The SMILES string of the molecule is Clc1cc(Cl)c(NCCN2CCSCC2)nc1Cl. The van der Waals surface area contributed by atoms with E-state index in [4.69, 9.17) is 34.8 Å². The van der Waals surface area contributed by atoms with E-state index in [9.17, 15) is 0 Å². The van der Waals surface area contributed by atoms with E-state index in [1.54, 1.807) is 6.07 Å². The molecule has 0 aliphatic carbocycles. The first-order valence-electron chi connectivity index (χ1n) is 5.72. The van der Waals surface area contributed by atoms with E-state index in [0.717, 1.165) is 26.2 Å². The summed E-state index contributed by atoms with van der Waals surface area (Å²) in [6.07, 6.45) is 0. The van der Waals surface area contributed by atoms with Crippen LogP contribution in [0.15, 0.2) is 6.07 Å². The van der Waals surface area contributed by atoms with Gasteiger partial charge in [0.2, 0.25) is 0 Å². The van der Waals surface area contributed by atoms with Crippen LogP contribution in [0.4, 0.5) is 5.82 Å². The minimum Gasteiger partial charge on any atom is -0.367 e. The molecule has 0 atom stereocenters. The lowest BCUT2D eigenvalue weighted by Gasteiger charge is -2.26. The number of pyridine rings is 1. The maximum absolute atomic E-state index is 6.04. The summed E-state index contributed by atoms with van der Waals surface area (Å²) >= 11 is 19.7. The smallest absolute Gasteiger partial charge is 0.150 e. The molecule has 1 N–H and O–H groups in total. The number of nitrogens with zero attached hydrogens (tertiary/aromatic N) is 2. The molecular weight excluding hydrogens is 313 g/mol. The van der Waals surface area contributed by atoms with Gasteiger partial charge in [-0.2, -0.15) is 11.8 Å². The normalized spacial score (nSPS) is 16.8. The summed E-state index contributed by atoms with van der Waals surface area (Å²) in [5.41, 5.74) is 0. The molecule has 1 fully saturated rings. The van der Waals surface area contributed by atoms with E-state index in [1.807, 2.05) is 11.8 Å². The molecule has 1 aromatic heterocycles. The van der Waals surface area contributed by atoms with E-state index in [2.05, 4.69) is 15.2 Å². The molecule has 1 aliphatic rings. The third-order valence-corrected chi connectivity index (χ3v) is 4.61. The lowest BCUT2D eigenvalue weighted by Crippen LogP contribution is -2.36. The van der Waals surface area contributed by atoms with Gasteiger partial charge in [-0.1, -0.05) is 34.8 Å². The molecule has 1 aromatic rings. The van der Waals surface area contributed by atoms with Crippen LogP contribution in [0.5, 0.6) is 0 Å². The minimum absolute atomic E-state index is 0.276. The summed E-state index contributed by atoms with van der Waals surface area (Å²) < 4.78 is 0. The van der Waals surface area contributed by atoms with Crippen molar-refractivity contribution in [2.45, 2.75) is 0 Å². The van der Waals surface area contributed by atoms with Crippen molar-refractivity contribution in [3.63, 3.8) is 0 Å². The third kappa shape index (κ3) is 4.07. The van der Waals surface area contributed by atoms with E-state index < -0.39 is 0 Å². The van der Waals surface area contributed by atoms with Crippen LogP contribution in [-0.4, -0.2) is 47.6 Å². The van der Waals surface area contributed by atoms with Crippen molar-refractivity contribution in [3.8, 4) is 0 Å². The first-order chi connectivity index (χ1) is 8.66. The molecule has 18 heavy (non-hydrogen) atoms. The molecule has 1 aliphatic heterocycles. The molecule has 0 amide bonds. The molecular formula is C11H14Cl3N3S. The highest BCUT2D eigenvalue weighted by molar-refractivity contribution is 7.99. The molecule has 0 spiro atoms. The number of rotatable bonds is 4. The number of thioether (sulfide) groups is 1. The lowest BCUT2D eigenvalue weighted by molar-refractivity contribution is 0.314. The number of anilines is 1. The summed E-state index contributed by atoms with van der Waals surface area (Å²) in [5, 5.41) is 4.34. The summed E-state index contributed by atoms with van der Waals surface area (Å²) in [6.45, 7) is 4.08. The van der Waals surface area contributed by atoms with Gasteiger partial charge in [0.15, 0.2) is 0 Å². The molecule has 100 valence electrons. The van der Waals surface area contributed by atoms with Crippen molar-refractivity contribution >= 4 is 52.4 Å². The highest BCUT2D eigenvalue weighted by atomic mass is 35.5. The molecule has 0 saturated carbocycles. The molecule has 2 rings (SSSR count). The van der Waals surface area contributed by atoms with Crippen LogP contribution in [0.2, 0.25) is 15.2 Å². The van der Waals surface area contributed by atoms with Gasteiger partial charge in [0.25, 0.3) is 0 Å². The molecule has 0 aromatic carbocycles. The van der Waals surface area contributed by atoms with Crippen LogP contribution in [0.1, 0.15) is 0 Å². The molecule has 7 heteroatoms. The van der Waals surface area contributed by atoms with Crippen LogP contribution in [0.25, 0.3) is 0 Å². The second-order valence-electron chi connectivity index (χ2n) is 3.97. The van der Waals surface area contributed by atoms with Crippen molar-refractivity contribution in [2.24, 2.45) is 0 Å². The Hall–Kier alpha value is 0.130. The summed E-state index contributed by atoms with van der Waals surface area (Å²) in [6, 6.07) is 1.61. The fourth-order valence-electron chi connectivity index (χ4n) is 1.73. The fraction of sp³-hybridized carbons (Fsp3) is 0.545. The summed E-state index contributed by atoms with van der Waals surface area (Å²) in [4.78, 5) is 6.55. The Morgan fingerprint density at radius 1 is 1.22 bits per heavy atom. The Bertz CT molecular complexity index is 411. The fourth-order valence-corrected chi connectivity index (χ4v) is 3.27. The van der Waals surface area contributed by atoms with Gasteiger partial charge in [0, 0.05) is 37.7 Å². The second kappa shape index (κ2) is 7.06. The zero-order chi connectivity index (χ0) is 13.0. The van der Waals surface area contributed by atoms with E-state index in [0.29, 0.717) is 15.9 Å². The van der Waals surface area contributed by atoms with E-state index in [1.165, 1.54) is 11.5 Å². The standard InChI is InChI=1S/C11H14Cl3N3S/c12-8-7-9(13)11(16-10(8)14)15-1-2-17-3-5-18-6-4-17/h7H,1-6H2,(H,15,16). The summed E-state index contributed by atoms with van der Waals surface area (Å²) in [5.74, 6) is 3.02. The molecule has 2 heterocycles. The molecule has 0 radical (unpaired) electrons. The van der Waals surface area contributed by atoms with Crippen molar-refractivity contribution in [1.82, 2.24) is 9.88 Å².